The predicted octanol–water partition coefficient (Wildman–Crippen LogP) is 6.27. The second-order valence-electron chi connectivity index (χ2n) is 6.10. The molecule has 7 nitrogen and oxygen atoms in total. The fourth-order valence-electron chi connectivity index (χ4n) is 2.86. The van der Waals surface area contributed by atoms with Gasteiger partial charge < -0.3 is 14.4 Å². The number of para-hydroxylation sites is 1. The van der Waals surface area contributed by atoms with Crippen LogP contribution in [0.1, 0.15) is 57.5 Å². The molecule has 0 saturated carbocycles. The molecule has 3 rings (SSSR count). The number of carbonyl (C=O) groups is 2. The Morgan fingerprint density at radius 1 is 1.00 bits per heavy atom. The second kappa shape index (κ2) is 17.6. The second-order valence-corrected chi connectivity index (χ2v) is 6.10. The first kappa shape index (κ1) is 31.2. The monoisotopic (exact) mass is 482 g/mol. The molecule has 0 unspecified atom stereocenters. The zero-order valence-corrected chi connectivity index (χ0v) is 21.6. The molecule has 0 saturated heterocycles. The molecule has 1 aliphatic heterocycles. The van der Waals surface area contributed by atoms with Crippen molar-refractivity contribution in [1.82, 2.24) is 10.4 Å². The number of amides is 2. The quantitative estimate of drug-likeness (QED) is 0.374. The van der Waals surface area contributed by atoms with Gasteiger partial charge in [-0.3, -0.25) is 14.8 Å². The van der Waals surface area contributed by atoms with Crippen molar-refractivity contribution in [2.45, 2.75) is 48.1 Å². The van der Waals surface area contributed by atoms with E-state index < -0.39 is 5.91 Å². The van der Waals surface area contributed by atoms with Crippen LogP contribution in [0.3, 0.4) is 0 Å². The van der Waals surface area contributed by atoms with E-state index in [1.54, 1.807) is 11.6 Å². The third-order valence-electron chi connectivity index (χ3n) is 4.32. The van der Waals surface area contributed by atoms with Crippen LogP contribution in [-0.4, -0.2) is 28.5 Å². The summed E-state index contributed by atoms with van der Waals surface area (Å²) in [4.78, 5) is 25.8. The third kappa shape index (κ3) is 8.79. The highest BCUT2D eigenvalue weighted by molar-refractivity contribution is 5.93. The van der Waals surface area contributed by atoms with Gasteiger partial charge in [0.25, 0.3) is 11.8 Å². The number of carbonyl (C=O) groups excluding carboxylic acids is 2. The highest BCUT2D eigenvalue weighted by Crippen LogP contribution is 2.30. The van der Waals surface area contributed by atoms with Gasteiger partial charge in [-0.1, -0.05) is 72.9 Å². The van der Waals surface area contributed by atoms with Crippen LogP contribution < -0.4 is 15.0 Å². The topological polar surface area (TPSA) is 88.1 Å². The van der Waals surface area contributed by atoms with Gasteiger partial charge in [0.1, 0.15) is 11.5 Å². The van der Waals surface area contributed by atoms with Crippen molar-refractivity contribution in [1.29, 1.82) is 0 Å². The van der Waals surface area contributed by atoms with Crippen LogP contribution >= 0.6 is 0 Å². The van der Waals surface area contributed by atoms with E-state index in [0.717, 1.165) is 5.56 Å². The number of hydroxylamine groups is 1. The van der Waals surface area contributed by atoms with E-state index in [-0.39, 0.29) is 18.1 Å². The Morgan fingerprint density at radius 2 is 1.60 bits per heavy atom. The summed E-state index contributed by atoms with van der Waals surface area (Å²) in [5.74, 6) is 0.561. The lowest BCUT2D eigenvalue weighted by Crippen LogP contribution is -2.33. The van der Waals surface area contributed by atoms with Crippen molar-refractivity contribution >= 4 is 11.8 Å². The van der Waals surface area contributed by atoms with E-state index in [1.807, 2.05) is 65.8 Å². The van der Waals surface area contributed by atoms with E-state index >= 15 is 0 Å². The standard InChI is InChI=1S/C22H20N2O5.3C2H6/c1-3-18-19(4-2)29-20-8-6-5-7-16(20)13-24(18)21(25)14-28-17-11-9-15(10-12-17)22(26)23-27;3*1-2/h3-12,27H,1-2,13-14H2,(H,23,26);3*1-2H3. The van der Waals surface area contributed by atoms with Crippen LogP contribution in [0.5, 0.6) is 11.5 Å². The van der Waals surface area contributed by atoms with Gasteiger partial charge in [-0.2, -0.15) is 0 Å². The molecule has 2 aromatic rings. The summed E-state index contributed by atoms with van der Waals surface area (Å²) in [6, 6.07) is 13.5. The van der Waals surface area contributed by atoms with Crippen LogP contribution in [0.25, 0.3) is 0 Å². The smallest absolute Gasteiger partial charge is 0.274 e. The van der Waals surface area contributed by atoms with Crippen molar-refractivity contribution in [3.8, 4) is 11.5 Å². The van der Waals surface area contributed by atoms with Gasteiger partial charge in [0.05, 0.1) is 12.2 Å². The van der Waals surface area contributed by atoms with Gasteiger partial charge in [-0.15, -0.1) is 0 Å². The lowest BCUT2D eigenvalue weighted by Gasteiger charge is -2.22. The minimum Gasteiger partial charge on any atom is -0.484 e. The number of benzene rings is 2. The molecular weight excluding hydrogens is 444 g/mol. The molecule has 0 atom stereocenters. The van der Waals surface area contributed by atoms with Crippen LogP contribution in [-0.2, 0) is 11.3 Å². The van der Waals surface area contributed by atoms with Crippen LogP contribution in [0.15, 0.2) is 85.3 Å². The average molecular weight is 483 g/mol. The summed E-state index contributed by atoms with van der Waals surface area (Å²) >= 11 is 0. The lowest BCUT2D eigenvalue weighted by molar-refractivity contribution is -0.131. The largest absolute Gasteiger partial charge is 0.484 e. The number of fused-ring (bicyclic) bond motifs is 1. The number of rotatable bonds is 6. The van der Waals surface area contributed by atoms with Gasteiger partial charge in [0.15, 0.2) is 12.4 Å². The Kier molecular flexibility index (Phi) is 15.7. The van der Waals surface area contributed by atoms with Gasteiger partial charge in [0.2, 0.25) is 0 Å². The van der Waals surface area contributed by atoms with Crippen molar-refractivity contribution in [2.24, 2.45) is 0 Å². The van der Waals surface area contributed by atoms with Gasteiger partial charge in [-0.05, 0) is 42.5 Å². The molecule has 2 N–H and O–H groups in total. The first-order chi connectivity index (χ1) is 17.1. The highest BCUT2D eigenvalue weighted by atomic mass is 16.5. The Bertz CT molecular complexity index is 981. The first-order valence-corrected chi connectivity index (χ1v) is 11.8. The Morgan fingerprint density at radius 3 is 2.14 bits per heavy atom. The Labute approximate surface area is 209 Å². The summed E-state index contributed by atoms with van der Waals surface area (Å²) < 4.78 is 11.5. The van der Waals surface area contributed by atoms with E-state index in [0.29, 0.717) is 29.5 Å². The molecule has 0 aromatic heterocycles. The number of nitrogens with zero attached hydrogens (tertiary/aromatic N) is 1. The van der Waals surface area contributed by atoms with Crippen LogP contribution in [0, 0.1) is 0 Å². The van der Waals surface area contributed by atoms with E-state index in [4.69, 9.17) is 14.7 Å². The Balaban J connectivity index is 0.00000179. The van der Waals surface area contributed by atoms with E-state index in [1.165, 1.54) is 35.2 Å². The lowest BCUT2D eigenvalue weighted by atomic mass is 10.2. The van der Waals surface area contributed by atoms with Crippen LogP contribution in [0.2, 0.25) is 0 Å². The van der Waals surface area contributed by atoms with Gasteiger partial charge in [0, 0.05) is 11.1 Å². The highest BCUT2D eigenvalue weighted by Gasteiger charge is 2.25. The van der Waals surface area contributed by atoms with Crippen molar-refractivity contribution < 1.29 is 24.3 Å². The minimum absolute atomic E-state index is 0.227. The molecule has 1 heterocycles. The SMILES string of the molecule is C=CC1=C(C=C)N(C(=O)COc2ccc(C(=O)NO)cc2)Cc2ccccc2O1.CC.CC.CC. The molecule has 0 fully saturated rings. The Hall–Kier alpha value is -3.84. The molecule has 0 spiro atoms. The number of nitrogens with one attached hydrogen (secondary N) is 1. The van der Waals surface area contributed by atoms with E-state index in [9.17, 15) is 9.59 Å². The maximum Gasteiger partial charge on any atom is 0.274 e. The molecule has 190 valence electrons. The van der Waals surface area contributed by atoms with Gasteiger partial charge in [-0.25, -0.2) is 5.48 Å². The predicted molar refractivity (Wildman–Crippen MR) is 140 cm³/mol. The fraction of sp³-hybridized carbons (Fsp3) is 0.286. The van der Waals surface area contributed by atoms with Crippen molar-refractivity contribution in [3.05, 3.63) is 96.4 Å². The maximum absolute atomic E-state index is 12.9. The molecule has 2 amide bonds. The van der Waals surface area contributed by atoms with Crippen molar-refractivity contribution in [2.75, 3.05) is 6.61 Å². The molecule has 7 heteroatoms. The number of ether oxygens (including phenoxy) is 2. The molecular formula is C28H38N2O5. The number of hydrogen-bond acceptors (Lipinski definition) is 5. The normalized spacial score (nSPS) is 11.2. The molecule has 1 aliphatic rings. The molecule has 0 aliphatic carbocycles. The van der Waals surface area contributed by atoms with E-state index in [2.05, 4.69) is 13.2 Å². The molecule has 35 heavy (non-hydrogen) atoms. The third-order valence-corrected chi connectivity index (χ3v) is 4.32. The summed E-state index contributed by atoms with van der Waals surface area (Å²) in [6.45, 7) is 19.6. The average Bonchev–Trinajstić information content (AvgIpc) is 3.11. The summed E-state index contributed by atoms with van der Waals surface area (Å²) in [6.07, 6.45) is 3.08. The van der Waals surface area contributed by atoms with Crippen LogP contribution in [0.4, 0.5) is 0 Å². The fourth-order valence-corrected chi connectivity index (χ4v) is 2.86. The zero-order valence-electron chi connectivity index (χ0n) is 21.6. The molecule has 0 radical (unpaired) electrons. The van der Waals surface area contributed by atoms with Gasteiger partial charge >= 0.3 is 0 Å². The number of hydrogen-bond donors (Lipinski definition) is 2. The maximum atomic E-state index is 12.9. The number of allylic oxidation sites excluding steroid dienone is 2. The first-order valence-electron chi connectivity index (χ1n) is 11.8. The summed E-state index contributed by atoms with van der Waals surface area (Å²) in [5, 5.41) is 8.65. The summed E-state index contributed by atoms with van der Waals surface area (Å²) in [7, 11) is 0. The summed E-state index contributed by atoms with van der Waals surface area (Å²) in [5.41, 5.74) is 3.16. The minimum atomic E-state index is -0.631. The zero-order chi connectivity index (χ0) is 26.8. The molecule has 2 aromatic carbocycles. The van der Waals surface area contributed by atoms with Crippen molar-refractivity contribution in [3.63, 3.8) is 0 Å². The molecule has 0 bridgehead atoms.